The molecule has 0 saturated carbocycles. The van der Waals surface area contributed by atoms with E-state index in [1.165, 1.54) is 16.9 Å². The molecule has 1 unspecified atom stereocenters. The Balaban J connectivity index is 1.44. The standard InChI is InChI=1S/C23H29N7OS/c1-14(2)17-12-20(29-28-17)26-22-15-6-5-7-16(15)25-23(27-22)30-10-4-3-8-18(30)19(31)13-21-24-9-11-32-21/h9,11-12,14,18H,3-8,10,13H2,1-2H3,(H2,25,26,27,28,29). The number of nitrogens with zero attached hydrogens (tertiary/aromatic N) is 5. The Morgan fingerprint density at radius 3 is 2.97 bits per heavy atom. The third-order valence-corrected chi connectivity index (χ3v) is 7.11. The molecule has 4 heterocycles. The van der Waals surface area contributed by atoms with Gasteiger partial charge >= 0.3 is 0 Å². The van der Waals surface area contributed by atoms with E-state index in [9.17, 15) is 4.79 Å². The number of aromatic nitrogens is 5. The van der Waals surface area contributed by atoms with E-state index < -0.39 is 0 Å². The minimum atomic E-state index is -0.196. The van der Waals surface area contributed by atoms with Crippen molar-refractivity contribution in [2.24, 2.45) is 0 Å². The second-order valence-corrected chi connectivity index (χ2v) is 9.89. The molecule has 1 aliphatic carbocycles. The molecule has 0 radical (unpaired) electrons. The van der Waals surface area contributed by atoms with Crippen LogP contribution in [-0.4, -0.2) is 43.5 Å². The number of hydrogen-bond acceptors (Lipinski definition) is 8. The first-order valence-electron chi connectivity index (χ1n) is 11.5. The fraction of sp³-hybridized carbons (Fsp3) is 0.522. The molecule has 168 valence electrons. The minimum absolute atomic E-state index is 0.196. The molecule has 2 N–H and O–H groups in total. The number of Topliss-reactive ketones (excluding diaryl/α,β-unsaturated/α-hetero) is 1. The SMILES string of the molecule is CC(C)c1cc(Nc2nc(N3CCCCC3C(=O)Cc3nccs3)nc3c2CCC3)n[nH]1. The molecule has 1 aliphatic heterocycles. The van der Waals surface area contributed by atoms with Gasteiger partial charge < -0.3 is 10.2 Å². The van der Waals surface area contributed by atoms with Crippen molar-refractivity contribution in [2.45, 2.75) is 70.8 Å². The van der Waals surface area contributed by atoms with E-state index in [0.29, 0.717) is 18.3 Å². The third kappa shape index (κ3) is 4.26. The van der Waals surface area contributed by atoms with Crippen molar-refractivity contribution in [3.8, 4) is 0 Å². The molecule has 32 heavy (non-hydrogen) atoms. The summed E-state index contributed by atoms with van der Waals surface area (Å²) in [5.74, 6) is 2.82. The van der Waals surface area contributed by atoms with E-state index in [-0.39, 0.29) is 11.8 Å². The smallest absolute Gasteiger partial charge is 0.228 e. The summed E-state index contributed by atoms with van der Waals surface area (Å²) in [5.41, 5.74) is 3.35. The Morgan fingerprint density at radius 2 is 2.19 bits per heavy atom. The molecule has 1 fully saturated rings. The maximum atomic E-state index is 13.2. The lowest BCUT2D eigenvalue weighted by Crippen LogP contribution is -2.46. The van der Waals surface area contributed by atoms with Gasteiger partial charge in [-0.3, -0.25) is 9.89 Å². The van der Waals surface area contributed by atoms with Crippen LogP contribution in [0.4, 0.5) is 17.6 Å². The molecule has 8 nitrogen and oxygen atoms in total. The highest BCUT2D eigenvalue weighted by Gasteiger charge is 2.32. The van der Waals surface area contributed by atoms with Crippen LogP contribution in [0.15, 0.2) is 17.6 Å². The number of hydrogen-bond donors (Lipinski definition) is 2. The van der Waals surface area contributed by atoms with Gasteiger partial charge in [-0.15, -0.1) is 11.3 Å². The predicted octanol–water partition coefficient (Wildman–Crippen LogP) is 4.18. The van der Waals surface area contributed by atoms with Crippen molar-refractivity contribution < 1.29 is 4.79 Å². The molecular formula is C23H29N7OS. The van der Waals surface area contributed by atoms with Crippen molar-refractivity contribution in [1.29, 1.82) is 0 Å². The first kappa shape index (κ1) is 21.1. The van der Waals surface area contributed by atoms with Crippen LogP contribution in [0.2, 0.25) is 0 Å². The number of nitrogens with one attached hydrogen (secondary N) is 2. The van der Waals surface area contributed by atoms with Crippen LogP contribution in [0.5, 0.6) is 0 Å². The zero-order valence-corrected chi connectivity index (χ0v) is 19.4. The van der Waals surface area contributed by atoms with Gasteiger partial charge in [0.25, 0.3) is 0 Å². The van der Waals surface area contributed by atoms with Gasteiger partial charge in [0.15, 0.2) is 11.6 Å². The van der Waals surface area contributed by atoms with Crippen molar-refractivity contribution in [1.82, 2.24) is 25.1 Å². The van der Waals surface area contributed by atoms with Gasteiger partial charge in [0.05, 0.1) is 23.2 Å². The van der Waals surface area contributed by atoms with E-state index in [0.717, 1.165) is 73.1 Å². The summed E-state index contributed by atoms with van der Waals surface area (Å²) in [5, 5.41) is 13.7. The summed E-state index contributed by atoms with van der Waals surface area (Å²) >= 11 is 1.53. The molecule has 0 amide bonds. The molecule has 0 spiro atoms. The molecule has 0 aromatic carbocycles. The fourth-order valence-corrected chi connectivity index (χ4v) is 5.21. The number of aryl methyl sites for hydroxylation is 1. The monoisotopic (exact) mass is 451 g/mol. The maximum Gasteiger partial charge on any atom is 0.228 e. The highest BCUT2D eigenvalue weighted by atomic mass is 32.1. The minimum Gasteiger partial charge on any atom is -0.331 e. The highest BCUT2D eigenvalue weighted by molar-refractivity contribution is 7.09. The molecule has 0 bridgehead atoms. The number of fused-ring (bicyclic) bond motifs is 1. The number of anilines is 3. The lowest BCUT2D eigenvalue weighted by Gasteiger charge is -2.35. The molecule has 5 rings (SSSR count). The van der Waals surface area contributed by atoms with Crippen LogP contribution in [0.3, 0.4) is 0 Å². The Hall–Kier alpha value is -2.81. The van der Waals surface area contributed by atoms with Crippen molar-refractivity contribution in [3.63, 3.8) is 0 Å². The normalized spacial score (nSPS) is 18.2. The Kier molecular flexibility index (Phi) is 5.91. The number of ketones is 1. The van der Waals surface area contributed by atoms with Gasteiger partial charge in [0.1, 0.15) is 5.82 Å². The number of piperidine rings is 1. The largest absolute Gasteiger partial charge is 0.331 e. The first-order valence-corrected chi connectivity index (χ1v) is 12.4. The van der Waals surface area contributed by atoms with Crippen LogP contribution in [-0.2, 0) is 24.1 Å². The number of H-pyrrole nitrogens is 1. The van der Waals surface area contributed by atoms with Crippen LogP contribution < -0.4 is 10.2 Å². The molecule has 3 aromatic rings. The van der Waals surface area contributed by atoms with E-state index in [1.807, 2.05) is 11.4 Å². The topological polar surface area (TPSA) is 99.7 Å². The summed E-state index contributed by atoms with van der Waals surface area (Å²) in [6, 6.07) is 1.84. The molecule has 9 heteroatoms. The van der Waals surface area contributed by atoms with Gasteiger partial charge in [-0.05, 0) is 44.4 Å². The van der Waals surface area contributed by atoms with Gasteiger partial charge in [0.2, 0.25) is 5.95 Å². The second kappa shape index (κ2) is 8.97. The van der Waals surface area contributed by atoms with Gasteiger partial charge in [-0.2, -0.15) is 10.1 Å². The molecule has 1 atom stereocenters. The summed E-state index contributed by atoms with van der Waals surface area (Å²) < 4.78 is 0. The summed E-state index contributed by atoms with van der Waals surface area (Å²) in [7, 11) is 0. The maximum absolute atomic E-state index is 13.2. The number of thiazole rings is 1. The molecule has 3 aromatic heterocycles. The van der Waals surface area contributed by atoms with Crippen molar-refractivity contribution >= 4 is 34.7 Å². The fourth-order valence-electron chi connectivity index (χ4n) is 4.58. The lowest BCUT2D eigenvalue weighted by molar-refractivity contribution is -0.120. The Labute approximate surface area is 191 Å². The average Bonchev–Trinajstić information content (AvgIpc) is 3.55. The molecular weight excluding hydrogens is 422 g/mol. The number of aromatic amines is 1. The van der Waals surface area contributed by atoms with Crippen LogP contribution >= 0.6 is 11.3 Å². The Morgan fingerprint density at radius 1 is 1.28 bits per heavy atom. The summed E-state index contributed by atoms with van der Waals surface area (Å²) in [6.07, 6.45) is 8.05. The molecule has 2 aliphatic rings. The van der Waals surface area contributed by atoms with Gasteiger partial charge in [0, 0.05) is 35.4 Å². The van der Waals surface area contributed by atoms with Crippen molar-refractivity contribution in [2.75, 3.05) is 16.8 Å². The number of carbonyl (C=O) groups excluding carboxylic acids is 1. The average molecular weight is 452 g/mol. The van der Waals surface area contributed by atoms with E-state index in [2.05, 4.69) is 39.2 Å². The van der Waals surface area contributed by atoms with Gasteiger partial charge in [-0.1, -0.05) is 13.8 Å². The summed E-state index contributed by atoms with van der Waals surface area (Å²) in [6.45, 7) is 5.07. The zero-order valence-electron chi connectivity index (χ0n) is 18.6. The lowest BCUT2D eigenvalue weighted by atomic mass is 9.97. The third-order valence-electron chi connectivity index (χ3n) is 6.33. The first-order chi connectivity index (χ1) is 15.6. The van der Waals surface area contributed by atoms with Crippen LogP contribution in [0.25, 0.3) is 0 Å². The van der Waals surface area contributed by atoms with Crippen LogP contribution in [0, 0.1) is 0 Å². The van der Waals surface area contributed by atoms with Gasteiger partial charge in [-0.25, -0.2) is 9.97 Å². The second-order valence-electron chi connectivity index (χ2n) is 8.91. The van der Waals surface area contributed by atoms with Crippen molar-refractivity contribution in [3.05, 3.63) is 39.6 Å². The number of rotatable bonds is 7. The van der Waals surface area contributed by atoms with E-state index in [4.69, 9.17) is 9.97 Å². The summed E-state index contributed by atoms with van der Waals surface area (Å²) in [4.78, 5) is 29.4. The predicted molar refractivity (Wildman–Crippen MR) is 126 cm³/mol. The zero-order chi connectivity index (χ0) is 22.1. The van der Waals surface area contributed by atoms with E-state index >= 15 is 0 Å². The Bertz CT molecular complexity index is 1090. The number of carbonyl (C=O) groups is 1. The van der Waals surface area contributed by atoms with E-state index in [1.54, 1.807) is 6.20 Å². The quantitative estimate of drug-likeness (QED) is 0.556. The van der Waals surface area contributed by atoms with Crippen LogP contribution in [0.1, 0.15) is 67.4 Å². The molecule has 1 saturated heterocycles. The highest BCUT2D eigenvalue weighted by Crippen LogP contribution is 2.32.